The summed E-state index contributed by atoms with van der Waals surface area (Å²) in [4.78, 5) is 19.4. The van der Waals surface area contributed by atoms with Crippen molar-refractivity contribution < 1.29 is 23.7 Å². The monoisotopic (exact) mass is 440 g/mol. The molecule has 0 amide bonds. The van der Waals surface area contributed by atoms with E-state index in [2.05, 4.69) is 22.0 Å². The van der Waals surface area contributed by atoms with Crippen molar-refractivity contribution in [2.45, 2.75) is 44.4 Å². The van der Waals surface area contributed by atoms with Crippen LogP contribution >= 0.6 is 0 Å². The van der Waals surface area contributed by atoms with Crippen LogP contribution in [-0.2, 0) is 25.4 Å². The fourth-order valence-corrected chi connectivity index (χ4v) is 5.67. The third-order valence-corrected chi connectivity index (χ3v) is 7.21. The van der Waals surface area contributed by atoms with Crippen molar-refractivity contribution in [2.75, 3.05) is 40.5 Å². The number of nitrogens with one attached hydrogen (secondary N) is 1. The Kier molecular flexibility index (Phi) is 5.97. The molecule has 1 fully saturated rings. The Morgan fingerprint density at radius 2 is 2.22 bits per heavy atom. The molecule has 3 aliphatic heterocycles. The Morgan fingerprint density at radius 3 is 3.00 bits per heavy atom. The lowest BCUT2D eigenvalue weighted by Crippen LogP contribution is -2.51. The van der Waals surface area contributed by atoms with Crippen LogP contribution in [0.15, 0.2) is 30.4 Å². The van der Waals surface area contributed by atoms with Gasteiger partial charge in [0.1, 0.15) is 11.2 Å². The Morgan fingerprint density at radius 1 is 1.31 bits per heavy atom. The number of aromatic amines is 1. The standard InChI is InChI=1S/C25H32N2O5/c1-29-19-8-5-7-17-18-10-14-27-13-6-11-25(24(28)30-2,23(27)22(18)26-21(17)19)12-16-32-20-9-3-4-15-31-20/h5-8,11,20,23,26H,3-4,9-10,12-16H2,1-2H3/t20?,23-,25+/m1/s1. The molecular weight excluding hydrogens is 408 g/mol. The lowest BCUT2D eigenvalue weighted by Gasteiger charge is -2.47. The number of hydrogen-bond acceptors (Lipinski definition) is 6. The summed E-state index contributed by atoms with van der Waals surface area (Å²) < 4.78 is 22.8. The molecule has 1 N–H and O–H groups in total. The predicted octanol–water partition coefficient (Wildman–Crippen LogP) is 3.74. The molecule has 1 aromatic carbocycles. The first kappa shape index (κ1) is 21.5. The molecule has 7 heteroatoms. The highest BCUT2D eigenvalue weighted by atomic mass is 16.7. The molecule has 0 aliphatic carbocycles. The van der Waals surface area contributed by atoms with Crippen molar-refractivity contribution in [3.8, 4) is 5.75 Å². The number of esters is 1. The van der Waals surface area contributed by atoms with Crippen LogP contribution in [0.4, 0.5) is 0 Å². The highest BCUT2D eigenvalue weighted by Gasteiger charge is 2.52. The number of ether oxygens (including phenoxy) is 4. The van der Waals surface area contributed by atoms with Crippen LogP contribution in [0.5, 0.6) is 5.75 Å². The number of rotatable bonds is 6. The van der Waals surface area contributed by atoms with E-state index in [1.807, 2.05) is 18.2 Å². The molecule has 172 valence electrons. The molecule has 3 atom stereocenters. The van der Waals surface area contributed by atoms with E-state index in [1.54, 1.807) is 7.11 Å². The number of aromatic nitrogens is 1. The van der Waals surface area contributed by atoms with Gasteiger partial charge in [0.15, 0.2) is 6.29 Å². The number of carbonyl (C=O) groups is 1. The molecule has 0 spiro atoms. The van der Waals surface area contributed by atoms with E-state index in [9.17, 15) is 4.79 Å². The van der Waals surface area contributed by atoms with E-state index in [-0.39, 0.29) is 18.3 Å². The first-order valence-corrected chi connectivity index (χ1v) is 11.6. The zero-order chi connectivity index (χ0) is 22.1. The summed E-state index contributed by atoms with van der Waals surface area (Å²) in [7, 11) is 3.16. The van der Waals surface area contributed by atoms with E-state index in [1.165, 1.54) is 18.1 Å². The average molecular weight is 441 g/mol. The Bertz CT molecular complexity index is 1010. The number of fused-ring (bicyclic) bond motifs is 5. The maximum atomic E-state index is 13.3. The van der Waals surface area contributed by atoms with Crippen molar-refractivity contribution in [1.29, 1.82) is 0 Å². The molecule has 0 bridgehead atoms. The van der Waals surface area contributed by atoms with Gasteiger partial charge in [0.05, 0.1) is 32.4 Å². The summed E-state index contributed by atoms with van der Waals surface area (Å²) in [6, 6.07) is 5.98. The van der Waals surface area contributed by atoms with Crippen LogP contribution in [0, 0.1) is 5.41 Å². The van der Waals surface area contributed by atoms with Gasteiger partial charge in [0.25, 0.3) is 0 Å². The molecule has 1 unspecified atom stereocenters. The summed E-state index contributed by atoms with van der Waals surface area (Å²) in [5.41, 5.74) is 2.51. The van der Waals surface area contributed by atoms with Crippen molar-refractivity contribution in [3.05, 3.63) is 41.6 Å². The Hall–Kier alpha value is -2.35. The summed E-state index contributed by atoms with van der Waals surface area (Å²) in [6.45, 7) is 2.87. The molecule has 7 nitrogen and oxygen atoms in total. The number of methoxy groups -OCH3 is 2. The first-order valence-electron chi connectivity index (χ1n) is 11.6. The quantitative estimate of drug-likeness (QED) is 0.545. The highest BCUT2D eigenvalue weighted by Crippen LogP contribution is 2.50. The summed E-state index contributed by atoms with van der Waals surface area (Å²) in [5, 5.41) is 1.17. The second-order valence-corrected chi connectivity index (χ2v) is 8.90. The topological polar surface area (TPSA) is 73.0 Å². The summed E-state index contributed by atoms with van der Waals surface area (Å²) >= 11 is 0. The van der Waals surface area contributed by atoms with Crippen LogP contribution in [0.2, 0.25) is 0 Å². The van der Waals surface area contributed by atoms with Crippen LogP contribution in [-0.4, -0.2) is 62.7 Å². The van der Waals surface area contributed by atoms with Crippen LogP contribution < -0.4 is 4.74 Å². The van der Waals surface area contributed by atoms with E-state index in [0.29, 0.717) is 13.0 Å². The van der Waals surface area contributed by atoms with Gasteiger partial charge in [-0.3, -0.25) is 9.69 Å². The second kappa shape index (κ2) is 8.89. The minimum Gasteiger partial charge on any atom is -0.495 e. The van der Waals surface area contributed by atoms with Gasteiger partial charge in [-0.05, 0) is 43.7 Å². The fraction of sp³-hybridized carbons (Fsp3) is 0.560. The van der Waals surface area contributed by atoms with Gasteiger partial charge in [-0.1, -0.05) is 24.3 Å². The van der Waals surface area contributed by atoms with Gasteiger partial charge < -0.3 is 23.9 Å². The Labute approximate surface area is 188 Å². The largest absolute Gasteiger partial charge is 0.495 e. The number of hydrogen-bond donors (Lipinski definition) is 1. The summed E-state index contributed by atoms with van der Waals surface area (Å²) in [6.07, 6.45) is 8.52. The van der Waals surface area contributed by atoms with Crippen molar-refractivity contribution >= 4 is 16.9 Å². The normalized spacial score (nSPS) is 27.7. The van der Waals surface area contributed by atoms with Gasteiger partial charge in [-0.25, -0.2) is 0 Å². The van der Waals surface area contributed by atoms with Crippen molar-refractivity contribution in [3.63, 3.8) is 0 Å². The predicted molar refractivity (Wildman–Crippen MR) is 121 cm³/mol. The van der Waals surface area contributed by atoms with E-state index < -0.39 is 5.41 Å². The van der Waals surface area contributed by atoms with Gasteiger partial charge in [-0.2, -0.15) is 0 Å². The summed E-state index contributed by atoms with van der Waals surface area (Å²) in [5.74, 6) is 0.589. The lowest BCUT2D eigenvalue weighted by atomic mass is 9.71. The minimum absolute atomic E-state index is 0.142. The highest BCUT2D eigenvalue weighted by molar-refractivity contribution is 5.91. The van der Waals surface area contributed by atoms with Gasteiger partial charge in [0, 0.05) is 30.8 Å². The molecule has 4 heterocycles. The molecule has 2 aromatic rings. The van der Waals surface area contributed by atoms with Gasteiger partial charge >= 0.3 is 5.97 Å². The van der Waals surface area contributed by atoms with E-state index in [4.69, 9.17) is 18.9 Å². The number of benzene rings is 1. The number of para-hydroxylation sites is 1. The lowest BCUT2D eigenvalue weighted by molar-refractivity contribution is -0.174. The number of nitrogens with zero attached hydrogens (tertiary/aromatic N) is 1. The molecule has 0 radical (unpaired) electrons. The first-order chi connectivity index (χ1) is 15.7. The Balaban J connectivity index is 1.52. The SMILES string of the molecule is COC(=O)[C@]1(CCOC2CCCCO2)C=CCN2CCc3c([nH]c4c(OC)cccc34)[C@@H]21. The van der Waals surface area contributed by atoms with Crippen LogP contribution in [0.25, 0.3) is 10.9 Å². The molecule has 3 aliphatic rings. The van der Waals surface area contributed by atoms with Gasteiger partial charge in [0.2, 0.25) is 0 Å². The third-order valence-electron chi connectivity index (χ3n) is 7.21. The van der Waals surface area contributed by atoms with Crippen molar-refractivity contribution in [1.82, 2.24) is 9.88 Å². The zero-order valence-corrected chi connectivity index (χ0v) is 18.9. The average Bonchev–Trinajstić information content (AvgIpc) is 3.23. The third kappa shape index (κ3) is 3.52. The molecule has 0 saturated carbocycles. The van der Waals surface area contributed by atoms with Gasteiger partial charge in [-0.15, -0.1) is 0 Å². The van der Waals surface area contributed by atoms with E-state index in [0.717, 1.165) is 62.3 Å². The fourth-order valence-electron chi connectivity index (χ4n) is 5.67. The molecule has 5 rings (SSSR count). The zero-order valence-electron chi connectivity index (χ0n) is 18.9. The maximum Gasteiger partial charge on any atom is 0.317 e. The molecule has 1 aromatic heterocycles. The van der Waals surface area contributed by atoms with E-state index >= 15 is 0 Å². The maximum absolute atomic E-state index is 13.3. The minimum atomic E-state index is -0.828. The number of H-pyrrole nitrogens is 1. The smallest absolute Gasteiger partial charge is 0.317 e. The van der Waals surface area contributed by atoms with Crippen molar-refractivity contribution in [2.24, 2.45) is 5.41 Å². The molecule has 1 saturated heterocycles. The number of carbonyl (C=O) groups excluding carboxylic acids is 1. The van der Waals surface area contributed by atoms with Crippen LogP contribution in [0.1, 0.15) is 43.0 Å². The van der Waals surface area contributed by atoms with Crippen LogP contribution in [0.3, 0.4) is 0 Å². The second-order valence-electron chi connectivity index (χ2n) is 8.90. The molecule has 32 heavy (non-hydrogen) atoms. The molecular formula is C25H32N2O5.